The number of hydrogen-bond donors (Lipinski definition) is 1. The van der Waals surface area contributed by atoms with Crippen LogP contribution < -0.4 is 11.0 Å². The van der Waals surface area contributed by atoms with Crippen LogP contribution in [0.25, 0.3) is 10.9 Å². The minimum atomic E-state index is -0.452. The molecule has 0 spiro atoms. The van der Waals surface area contributed by atoms with Gasteiger partial charge in [-0.25, -0.2) is 19.6 Å². The maximum absolute atomic E-state index is 12.3. The van der Waals surface area contributed by atoms with Gasteiger partial charge < -0.3 is 0 Å². The SMILES string of the molecule is O=C(Nn1cnc2ccccc2c1=O)c1cnc(C2CC2)nc1. The Labute approximate surface area is 131 Å². The summed E-state index contributed by atoms with van der Waals surface area (Å²) in [7, 11) is 0. The van der Waals surface area contributed by atoms with Crippen molar-refractivity contribution >= 4 is 16.8 Å². The Morgan fingerprint density at radius 3 is 2.61 bits per heavy atom. The van der Waals surface area contributed by atoms with Gasteiger partial charge in [0.05, 0.1) is 16.5 Å². The van der Waals surface area contributed by atoms with E-state index in [-0.39, 0.29) is 5.56 Å². The van der Waals surface area contributed by atoms with E-state index in [0.717, 1.165) is 23.3 Å². The summed E-state index contributed by atoms with van der Waals surface area (Å²) >= 11 is 0. The van der Waals surface area contributed by atoms with Crippen LogP contribution >= 0.6 is 0 Å². The molecule has 7 heteroatoms. The first-order valence-corrected chi connectivity index (χ1v) is 7.32. The van der Waals surface area contributed by atoms with Crippen molar-refractivity contribution in [3.05, 3.63) is 64.7 Å². The zero-order chi connectivity index (χ0) is 15.8. The number of nitrogens with zero attached hydrogens (tertiary/aromatic N) is 4. The Bertz CT molecular complexity index is 945. The molecule has 1 aromatic carbocycles. The molecule has 1 N–H and O–H groups in total. The van der Waals surface area contributed by atoms with Crippen molar-refractivity contribution in [3.8, 4) is 0 Å². The van der Waals surface area contributed by atoms with Gasteiger partial charge in [0.1, 0.15) is 12.2 Å². The first-order valence-electron chi connectivity index (χ1n) is 7.32. The van der Waals surface area contributed by atoms with E-state index in [1.54, 1.807) is 24.3 Å². The first kappa shape index (κ1) is 13.6. The molecule has 1 aliphatic rings. The van der Waals surface area contributed by atoms with Crippen LogP contribution in [0, 0.1) is 0 Å². The Morgan fingerprint density at radius 1 is 1.13 bits per heavy atom. The summed E-state index contributed by atoms with van der Waals surface area (Å²) in [6.07, 6.45) is 6.46. The molecule has 4 rings (SSSR count). The number of nitrogens with one attached hydrogen (secondary N) is 1. The summed E-state index contributed by atoms with van der Waals surface area (Å²) < 4.78 is 1.07. The van der Waals surface area contributed by atoms with E-state index in [2.05, 4.69) is 20.4 Å². The van der Waals surface area contributed by atoms with Crippen molar-refractivity contribution < 1.29 is 4.79 Å². The molecule has 0 saturated heterocycles. The Hall–Kier alpha value is -3.09. The molecular weight excluding hydrogens is 294 g/mol. The second kappa shape index (κ2) is 5.28. The van der Waals surface area contributed by atoms with Crippen LogP contribution in [0.3, 0.4) is 0 Å². The Kier molecular flexibility index (Phi) is 3.11. The number of para-hydroxylation sites is 1. The lowest BCUT2D eigenvalue weighted by Crippen LogP contribution is -2.33. The van der Waals surface area contributed by atoms with Gasteiger partial charge in [0.15, 0.2) is 0 Å². The van der Waals surface area contributed by atoms with Crippen LogP contribution in [0.4, 0.5) is 0 Å². The van der Waals surface area contributed by atoms with E-state index < -0.39 is 5.91 Å². The molecule has 1 fully saturated rings. The fourth-order valence-corrected chi connectivity index (χ4v) is 2.33. The molecular formula is C16H13N5O2. The second-order valence-electron chi connectivity index (χ2n) is 5.48. The quantitative estimate of drug-likeness (QED) is 0.791. The molecule has 0 bridgehead atoms. The van der Waals surface area contributed by atoms with E-state index in [0.29, 0.717) is 22.4 Å². The van der Waals surface area contributed by atoms with Crippen molar-refractivity contribution in [2.75, 3.05) is 5.43 Å². The molecule has 0 aliphatic heterocycles. The number of rotatable bonds is 3. The number of carbonyl (C=O) groups is 1. The number of hydrogen-bond acceptors (Lipinski definition) is 5. The summed E-state index contributed by atoms with van der Waals surface area (Å²) in [6, 6.07) is 6.96. The Morgan fingerprint density at radius 2 is 1.87 bits per heavy atom. The third kappa shape index (κ3) is 2.57. The molecule has 0 atom stereocenters. The third-order valence-electron chi connectivity index (χ3n) is 3.76. The molecule has 1 aliphatic carbocycles. The number of amides is 1. The van der Waals surface area contributed by atoms with Gasteiger partial charge in [-0.2, -0.15) is 0 Å². The topological polar surface area (TPSA) is 89.8 Å². The predicted molar refractivity (Wildman–Crippen MR) is 83.7 cm³/mol. The lowest BCUT2D eigenvalue weighted by Gasteiger charge is -2.08. The highest BCUT2D eigenvalue weighted by atomic mass is 16.2. The summed E-state index contributed by atoms with van der Waals surface area (Å²) in [4.78, 5) is 37.1. The number of aromatic nitrogens is 4. The average molecular weight is 307 g/mol. The minimum Gasteiger partial charge on any atom is -0.267 e. The molecule has 2 aromatic heterocycles. The number of fused-ring (bicyclic) bond motifs is 1. The van der Waals surface area contributed by atoms with Crippen molar-refractivity contribution in [2.45, 2.75) is 18.8 Å². The largest absolute Gasteiger partial charge is 0.280 e. The van der Waals surface area contributed by atoms with E-state index in [1.807, 2.05) is 0 Å². The second-order valence-corrected chi connectivity index (χ2v) is 5.48. The van der Waals surface area contributed by atoms with Gasteiger partial charge in [0, 0.05) is 18.3 Å². The van der Waals surface area contributed by atoms with E-state index in [1.165, 1.54) is 18.7 Å². The molecule has 114 valence electrons. The van der Waals surface area contributed by atoms with Gasteiger partial charge in [0.25, 0.3) is 11.5 Å². The smallest absolute Gasteiger partial charge is 0.267 e. The standard InChI is InChI=1S/C16H13N5O2/c22-15(11-7-17-14(18-8-11)10-5-6-10)20-21-9-19-13-4-2-1-3-12(13)16(21)23/h1-4,7-10H,5-6H2,(H,20,22). The van der Waals surface area contributed by atoms with Crippen LogP contribution in [-0.2, 0) is 0 Å². The van der Waals surface area contributed by atoms with Gasteiger partial charge in [-0.1, -0.05) is 12.1 Å². The molecule has 7 nitrogen and oxygen atoms in total. The molecule has 2 heterocycles. The molecule has 23 heavy (non-hydrogen) atoms. The molecule has 0 unspecified atom stereocenters. The summed E-state index contributed by atoms with van der Waals surface area (Å²) in [5, 5.41) is 0.440. The highest BCUT2D eigenvalue weighted by Gasteiger charge is 2.26. The van der Waals surface area contributed by atoms with Crippen LogP contribution in [0.15, 0.2) is 47.8 Å². The number of carbonyl (C=O) groups excluding carboxylic acids is 1. The maximum atomic E-state index is 12.3. The average Bonchev–Trinajstić information content (AvgIpc) is 3.43. The lowest BCUT2D eigenvalue weighted by atomic mass is 10.2. The van der Waals surface area contributed by atoms with Gasteiger partial charge in [-0.05, 0) is 25.0 Å². The summed E-state index contributed by atoms with van der Waals surface area (Å²) in [5.41, 5.74) is 3.06. The van der Waals surface area contributed by atoms with Crippen LogP contribution in [0.5, 0.6) is 0 Å². The van der Waals surface area contributed by atoms with Gasteiger partial charge in [-0.15, -0.1) is 0 Å². The number of benzene rings is 1. The highest BCUT2D eigenvalue weighted by Crippen LogP contribution is 2.37. The van der Waals surface area contributed by atoms with Crippen molar-refractivity contribution in [3.63, 3.8) is 0 Å². The van der Waals surface area contributed by atoms with Gasteiger partial charge in [0.2, 0.25) is 0 Å². The van der Waals surface area contributed by atoms with Gasteiger partial charge in [-0.3, -0.25) is 15.0 Å². The monoisotopic (exact) mass is 307 g/mol. The summed E-state index contributed by atoms with van der Waals surface area (Å²) in [6.45, 7) is 0. The van der Waals surface area contributed by atoms with Crippen molar-refractivity contribution in [1.82, 2.24) is 19.6 Å². The fourth-order valence-electron chi connectivity index (χ4n) is 2.33. The van der Waals surface area contributed by atoms with Crippen LogP contribution in [-0.4, -0.2) is 25.5 Å². The molecule has 1 saturated carbocycles. The van der Waals surface area contributed by atoms with Crippen molar-refractivity contribution in [2.24, 2.45) is 0 Å². The lowest BCUT2D eigenvalue weighted by molar-refractivity contribution is 0.101. The maximum Gasteiger partial charge on any atom is 0.280 e. The van der Waals surface area contributed by atoms with Crippen molar-refractivity contribution in [1.29, 1.82) is 0 Å². The molecule has 1 amide bonds. The van der Waals surface area contributed by atoms with Crippen LogP contribution in [0.2, 0.25) is 0 Å². The zero-order valence-corrected chi connectivity index (χ0v) is 12.1. The highest BCUT2D eigenvalue weighted by molar-refractivity contribution is 5.99. The third-order valence-corrected chi connectivity index (χ3v) is 3.76. The summed E-state index contributed by atoms with van der Waals surface area (Å²) in [5.74, 6) is 0.747. The molecule has 0 radical (unpaired) electrons. The van der Waals surface area contributed by atoms with E-state index >= 15 is 0 Å². The predicted octanol–water partition coefficient (Wildman–Crippen LogP) is 1.45. The van der Waals surface area contributed by atoms with E-state index in [9.17, 15) is 9.59 Å². The van der Waals surface area contributed by atoms with E-state index in [4.69, 9.17) is 0 Å². The van der Waals surface area contributed by atoms with Gasteiger partial charge >= 0.3 is 0 Å². The zero-order valence-electron chi connectivity index (χ0n) is 12.1. The Balaban J connectivity index is 1.60. The first-order chi connectivity index (χ1) is 11.2. The minimum absolute atomic E-state index is 0.300. The van der Waals surface area contributed by atoms with Crippen LogP contribution in [0.1, 0.15) is 34.9 Å². The fraction of sp³-hybridized carbons (Fsp3) is 0.188. The molecule has 3 aromatic rings. The normalized spacial score (nSPS) is 13.9.